The first kappa shape index (κ1) is 18.3. The number of hydrogen-bond acceptors (Lipinski definition) is 4. The van der Waals surface area contributed by atoms with Gasteiger partial charge in [0.25, 0.3) is 0 Å². The van der Waals surface area contributed by atoms with Gasteiger partial charge in [-0.2, -0.15) is 0 Å². The maximum Gasteiger partial charge on any atom is 0.232 e. The summed E-state index contributed by atoms with van der Waals surface area (Å²) in [5.74, 6) is -3.68. The van der Waals surface area contributed by atoms with Crippen LogP contribution in [0.5, 0.6) is 0 Å². The van der Waals surface area contributed by atoms with Crippen LogP contribution in [-0.4, -0.2) is 29.9 Å². The number of fused-ring (bicyclic) bond motifs is 1. The molecule has 0 fully saturated rings. The van der Waals surface area contributed by atoms with Gasteiger partial charge in [0.05, 0.1) is 22.0 Å². The number of anilines is 1. The number of benzene rings is 1. The average molecular weight is 400 g/mol. The number of nitrogens with zero attached hydrogens (tertiary/aromatic N) is 1. The zero-order chi connectivity index (χ0) is 19.1. The van der Waals surface area contributed by atoms with E-state index in [1.807, 2.05) is 4.72 Å². The van der Waals surface area contributed by atoms with Crippen LogP contribution in [0, 0.1) is 11.6 Å². The molecule has 3 rings (SSSR count). The van der Waals surface area contributed by atoms with E-state index in [-0.39, 0.29) is 16.3 Å². The summed E-state index contributed by atoms with van der Waals surface area (Å²) in [6.07, 6.45) is 2.62. The normalized spacial score (nSPS) is 11.7. The fourth-order valence-corrected chi connectivity index (χ4v) is 3.17. The quantitative estimate of drug-likeness (QED) is 0.642. The van der Waals surface area contributed by atoms with Crippen LogP contribution in [0.2, 0.25) is 5.02 Å². The van der Waals surface area contributed by atoms with Crippen molar-refractivity contribution in [3.05, 3.63) is 58.4 Å². The molecule has 136 valence electrons. The number of nitrogens with one attached hydrogen (secondary N) is 2. The Morgan fingerprint density at radius 1 is 1.35 bits per heavy atom. The maximum atomic E-state index is 14.7. The van der Waals surface area contributed by atoms with E-state index in [1.54, 1.807) is 0 Å². The molecule has 0 saturated carbocycles. The Hall–Kier alpha value is -2.52. The fourth-order valence-electron chi connectivity index (χ4n) is 2.38. The molecule has 0 spiro atoms. The first-order valence-corrected chi connectivity index (χ1v) is 9.42. The maximum absolute atomic E-state index is 14.7. The van der Waals surface area contributed by atoms with Gasteiger partial charge in [0.2, 0.25) is 15.8 Å². The number of H-pyrrole nitrogens is 1. The third-order valence-corrected chi connectivity index (χ3v) is 5.20. The number of aromatic nitrogens is 2. The molecule has 0 bridgehead atoms. The predicted octanol–water partition coefficient (Wildman–Crippen LogP) is 3.49. The van der Waals surface area contributed by atoms with Gasteiger partial charge in [-0.3, -0.25) is 9.52 Å². The molecule has 0 amide bonds. The minimum absolute atomic E-state index is 0.0386. The van der Waals surface area contributed by atoms with E-state index in [1.165, 1.54) is 25.4 Å². The zero-order valence-corrected chi connectivity index (χ0v) is 14.9. The van der Waals surface area contributed by atoms with Crippen molar-refractivity contribution in [1.29, 1.82) is 0 Å². The van der Waals surface area contributed by atoms with Gasteiger partial charge in [-0.25, -0.2) is 22.2 Å². The molecule has 0 aliphatic heterocycles. The molecular weight excluding hydrogens is 388 g/mol. The van der Waals surface area contributed by atoms with E-state index in [0.717, 1.165) is 12.1 Å². The largest absolute Gasteiger partial charge is 0.345 e. The summed E-state index contributed by atoms with van der Waals surface area (Å²) >= 11 is 5.86. The second-order valence-corrected chi connectivity index (χ2v) is 7.82. The summed E-state index contributed by atoms with van der Waals surface area (Å²) in [6.45, 7) is 1.36. The summed E-state index contributed by atoms with van der Waals surface area (Å²) in [5, 5.41) is 0.539. The third kappa shape index (κ3) is 3.27. The fraction of sp³-hybridized carbons (Fsp3) is 0.125. The van der Waals surface area contributed by atoms with Crippen LogP contribution in [0.3, 0.4) is 0 Å². The van der Waals surface area contributed by atoms with Gasteiger partial charge in [-0.15, -0.1) is 0 Å². The van der Waals surface area contributed by atoms with Crippen molar-refractivity contribution < 1.29 is 22.0 Å². The number of carbonyl (C=O) groups is 1. The molecule has 0 atom stereocenters. The van der Waals surface area contributed by atoms with Gasteiger partial charge < -0.3 is 4.98 Å². The van der Waals surface area contributed by atoms with Crippen LogP contribution < -0.4 is 4.72 Å². The molecular formula is C16H12ClF2N3O3S. The van der Waals surface area contributed by atoms with Gasteiger partial charge >= 0.3 is 0 Å². The van der Waals surface area contributed by atoms with Crippen molar-refractivity contribution >= 4 is 44.1 Å². The zero-order valence-electron chi connectivity index (χ0n) is 13.3. The van der Waals surface area contributed by atoms with Gasteiger partial charge in [-0.1, -0.05) is 11.6 Å². The highest BCUT2D eigenvalue weighted by atomic mass is 35.5. The van der Waals surface area contributed by atoms with Crippen molar-refractivity contribution in [1.82, 2.24) is 9.97 Å². The first-order valence-electron chi connectivity index (χ1n) is 7.39. The number of pyridine rings is 1. The van der Waals surface area contributed by atoms with Crippen molar-refractivity contribution in [2.45, 2.75) is 6.92 Å². The molecule has 2 heterocycles. The highest BCUT2D eigenvalue weighted by Gasteiger charge is 2.25. The molecule has 26 heavy (non-hydrogen) atoms. The number of hydrogen-bond donors (Lipinski definition) is 2. The second-order valence-electron chi connectivity index (χ2n) is 5.37. The smallest absolute Gasteiger partial charge is 0.232 e. The SMILES string of the molecule is CCS(=O)(=O)Nc1ccc(F)c(C(=O)c2c[nH]c3ncc(Cl)cc23)c1F. The van der Waals surface area contributed by atoms with Crippen molar-refractivity contribution in [2.75, 3.05) is 10.5 Å². The number of sulfonamides is 1. The van der Waals surface area contributed by atoms with Crippen LogP contribution >= 0.6 is 11.6 Å². The summed E-state index contributed by atoms with van der Waals surface area (Å²) < 4.78 is 54.1. The van der Waals surface area contributed by atoms with Crippen LogP contribution in [0.15, 0.2) is 30.6 Å². The van der Waals surface area contributed by atoms with Gasteiger partial charge in [0.15, 0.2) is 5.82 Å². The number of ketones is 1. The lowest BCUT2D eigenvalue weighted by Crippen LogP contribution is -2.17. The van der Waals surface area contributed by atoms with E-state index >= 15 is 0 Å². The predicted molar refractivity (Wildman–Crippen MR) is 94.0 cm³/mol. The van der Waals surface area contributed by atoms with Crippen LogP contribution in [0.25, 0.3) is 11.0 Å². The lowest BCUT2D eigenvalue weighted by molar-refractivity contribution is 0.103. The van der Waals surface area contributed by atoms with Crippen molar-refractivity contribution in [2.24, 2.45) is 0 Å². The lowest BCUT2D eigenvalue weighted by Gasteiger charge is -2.10. The van der Waals surface area contributed by atoms with E-state index in [9.17, 15) is 22.0 Å². The van der Waals surface area contributed by atoms with Crippen LogP contribution in [-0.2, 0) is 10.0 Å². The van der Waals surface area contributed by atoms with E-state index in [0.29, 0.717) is 11.0 Å². The molecule has 0 aliphatic carbocycles. The third-order valence-electron chi connectivity index (χ3n) is 3.71. The van der Waals surface area contributed by atoms with Gasteiger partial charge in [0, 0.05) is 23.3 Å². The minimum Gasteiger partial charge on any atom is -0.345 e. The standard InChI is InChI=1S/C16H12ClF2N3O3S/c1-2-26(24,25)22-12-4-3-11(18)13(14(12)19)15(23)10-7-21-16-9(10)5-8(17)6-20-16/h3-7,22H,2H2,1H3,(H,20,21). The number of carbonyl (C=O) groups excluding carboxylic acids is 1. The molecule has 6 nitrogen and oxygen atoms in total. The van der Waals surface area contributed by atoms with E-state index in [2.05, 4.69) is 9.97 Å². The Balaban J connectivity index is 2.13. The summed E-state index contributed by atoms with van der Waals surface area (Å²) in [7, 11) is -3.80. The lowest BCUT2D eigenvalue weighted by atomic mass is 10.0. The van der Waals surface area contributed by atoms with Gasteiger partial charge in [-0.05, 0) is 25.1 Å². The Morgan fingerprint density at radius 2 is 2.08 bits per heavy atom. The van der Waals surface area contributed by atoms with E-state index in [4.69, 9.17) is 11.6 Å². The van der Waals surface area contributed by atoms with E-state index < -0.39 is 38.7 Å². The molecule has 10 heteroatoms. The second kappa shape index (κ2) is 6.65. The average Bonchev–Trinajstić information content (AvgIpc) is 3.00. The number of aromatic amines is 1. The number of rotatable bonds is 5. The molecule has 3 aromatic rings. The molecule has 2 N–H and O–H groups in total. The molecule has 0 aliphatic rings. The summed E-state index contributed by atoms with van der Waals surface area (Å²) in [4.78, 5) is 19.4. The summed E-state index contributed by atoms with van der Waals surface area (Å²) in [5.41, 5.74) is -1.10. The molecule has 0 radical (unpaired) electrons. The molecule has 1 aromatic carbocycles. The monoisotopic (exact) mass is 399 g/mol. The Kier molecular flexibility index (Phi) is 4.68. The molecule has 2 aromatic heterocycles. The topological polar surface area (TPSA) is 91.9 Å². The Bertz CT molecular complexity index is 1130. The van der Waals surface area contributed by atoms with Crippen LogP contribution in [0.4, 0.5) is 14.5 Å². The van der Waals surface area contributed by atoms with Gasteiger partial charge in [0.1, 0.15) is 11.5 Å². The minimum atomic E-state index is -3.80. The highest BCUT2D eigenvalue weighted by Crippen LogP contribution is 2.28. The van der Waals surface area contributed by atoms with Crippen LogP contribution in [0.1, 0.15) is 22.8 Å². The molecule has 0 saturated heterocycles. The highest BCUT2D eigenvalue weighted by molar-refractivity contribution is 7.92. The number of halogens is 3. The van der Waals surface area contributed by atoms with Crippen molar-refractivity contribution in [3.63, 3.8) is 0 Å². The first-order chi connectivity index (χ1) is 12.2. The Labute approximate surface area is 152 Å². The molecule has 0 unspecified atom stereocenters. The Morgan fingerprint density at radius 3 is 2.77 bits per heavy atom. The van der Waals surface area contributed by atoms with Crippen molar-refractivity contribution in [3.8, 4) is 0 Å². The summed E-state index contributed by atoms with van der Waals surface area (Å²) in [6, 6.07) is 3.18.